The summed E-state index contributed by atoms with van der Waals surface area (Å²) >= 11 is 0. The fraction of sp³-hybridized carbons (Fsp3) is 0.619. The number of carbonyl (C=O) groups is 2. The number of aliphatic hydroxyl groups is 6. The van der Waals surface area contributed by atoms with Gasteiger partial charge in [0.15, 0.2) is 5.72 Å². The molecule has 1 aromatic carbocycles. The van der Waals surface area contributed by atoms with Crippen molar-refractivity contribution >= 4 is 11.8 Å². The summed E-state index contributed by atoms with van der Waals surface area (Å²) in [7, 11) is 0. The molecule has 1 rings (SSSR count). The lowest BCUT2D eigenvalue weighted by Crippen LogP contribution is -2.64. The van der Waals surface area contributed by atoms with Gasteiger partial charge in [0.05, 0.1) is 19.6 Å². The first-order valence-corrected chi connectivity index (χ1v) is 10.3. The minimum absolute atomic E-state index is 0.0547. The molecule has 31 heavy (non-hydrogen) atoms. The molecule has 0 bridgehead atoms. The SMILES string of the molecule is CCCN(CCC)C(=O)Cc1cccc(C(=O)N[C@](O)(CO)[C@@H](O)[C@H](O)[C@H](O)CO)c1. The molecule has 0 aromatic heterocycles. The quantitative estimate of drug-likeness (QED) is 0.178. The van der Waals surface area contributed by atoms with E-state index in [1.807, 2.05) is 19.2 Å². The molecule has 0 saturated carbocycles. The van der Waals surface area contributed by atoms with Crippen LogP contribution in [-0.2, 0) is 11.2 Å². The van der Waals surface area contributed by atoms with Crippen molar-refractivity contribution in [3.63, 3.8) is 0 Å². The van der Waals surface area contributed by atoms with Crippen LogP contribution in [0.5, 0.6) is 0 Å². The molecule has 10 heteroatoms. The van der Waals surface area contributed by atoms with Gasteiger partial charge in [-0.1, -0.05) is 26.0 Å². The summed E-state index contributed by atoms with van der Waals surface area (Å²) in [5, 5.41) is 60.1. The van der Waals surface area contributed by atoms with Crippen molar-refractivity contribution in [1.29, 1.82) is 0 Å². The van der Waals surface area contributed by atoms with Crippen LogP contribution < -0.4 is 5.32 Å². The van der Waals surface area contributed by atoms with Crippen molar-refractivity contribution in [1.82, 2.24) is 10.2 Å². The molecule has 7 N–H and O–H groups in total. The van der Waals surface area contributed by atoms with E-state index >= 15 is 0 Å². The van der Waals surface area contributed by atoms with Crippen LogP contribution >= 0.6 is 0 Å². The van der Waals surface area contributed by atoms with E-state index in [0.29, 0.717) is 18.7 Å². The minimum atomic E-state index is -2.68. The van der Waals surface area contributed by atoms with E-state index in [9.17, 15) is 35.1 Å². The monoisotopic (exact) mass is 442 g/mol. The van der Waals surface area contributed by atoms with E-state index < -0.39 is 43.2 Å². The fourth-order valence-corrected chi connectivity index (χ4v) is 3.09. The van der Waals surface area contributed by atoms with Crippen LogP contribution in [0.1, 0.15) is 42.6 Å². The summed E-state index contributed by atoms with van der Waals surface area (Å²) in [6.45, 7) is 3.15. The molecule has 0 spiro atoms. The van der Waals surface area contributed by atoms with E-state index in [1.165, 1.54) is 12.1 Å². The minimum Gasteiger partial charge on any atom is -0.394 e. The Balaban J connectivity index is 2.95. The van der Waals surface area contributed by atoms with Crippen LogP contribution in [0.25, 0.3) is 0 Å². The third-order valence-corrected chi connectivity index (χ3v) is 4.85. The second-order valence-corrected chi connectivity index (χ2v) is 7.48. The number of carbonyl (C=O) groups excluding carboxylic acids is 2. The van der Waals surface area contributed by atoms with E-state index in [1.54, 1.807) is 17.0 Å². The van der Waals surface area contributed by atoms with E-state index in [2.05, 4.69) is 0 Å². The number of amides is 2. The number of nitrogens with zero attached hydrogens (tertiary/aromatic N) is 1. The predicted octanol–water partition coefficient (Wildman–Crippen LogP) is -1.64. The smallest absolute Gasteiger partial charge is 0.253 e. The van der Waals surface area contributed by atoms with Crippen molar-refractivity contribution in [2.75, 3.05) is 26.3 Å². The third kappa shape index (κ3) is 7.53. The van der Waals surface area contributed by atoms with Gasteiger partial charge in [-0.3, -0.25) is 9.59 Å². The first-order valence-electron chi connectivity index (χ1n) is 10.3. The molecule has 1 aromatic rings. The van der Waals surface area contributed by atoms with Crippen LogP contribution in [-0.4, -0.2) is 97.7 Å². The van der Waals surface area contributed by atoms with Gasteiger partial charge in [-0.25, -0.2) is 0 Å². The average Bonchev–Trinajstić information content (AvgIpc) is 2.77. The summed E-state index contributed by atoms with van der Waals surface area (Å²) in [6.07, 6.45) is -4.29. The average molecular weight is 443 g/mol. The molecule has 0 saturated heterocycles. The van der Waals surface area contributed by atoms with Crippen molar-refractivity contribution in [2.24, 2.45) is 0 Å². The fourth-order valence-electron chi connectivity index (χ4n) is 3.09. The van der Waals surface area contributed by atoms with Gasteiger partial charge >= 0.3 is 0 Å². The largest absolute Gasteiger partial charge is 0.394 e. The van der Waals surface area contributed by atoms with Crippen LogP contribution in [0.15, 0.2) is 24.3 Å². The number of hydrogen-bond acceptors (Lipinski definition) is 8. The number of benzene rings is 1. The Kier molecular flexibility index (Phi) is 11.0. The van der Waals surface area contributed by atoms with Crippen LogP contribution in [0, 0.1) is 0 Å². The van der Waals surface area contributed by atoms with Crippen LogP contribution in [0.2, 0.25) is 0 Å². The highest BCUT2D eigenvalue weighted by atomic mass is 16.4. The molecule has 0 unspecified atom stereocenters. The Bertz CT molecular complexity index is 710. The second kappa shape index (κ2) is 12.7. The molecular formula is C21H34N2O8. The Morgan fingerprint density at radius 3 is 2.23 bits per heavy atom. The van der Waals surface area contributed by atoms with Crippen molar-refractivity contribution in [2.45, 2.75) is 57.1 Å². The molecule has 0 aliphatic carbocycles. The lowest BCUT2D eigenvalue weighted by molar-refractivity contribution is -0.180. The standard InChI is InChI=1S/C21H34N2O8/c1-3-8-23(9-4-2)17(27)11-14-6-5-7-15(10-14)20(30)22-21(31,13-25)19(29)18(28)16(26)12-24/h5-7,10,16,18-19,24-26,28-29,31H,3-4,8-9,11-13H2,1-2H3,(H,22,30)/t16-,18-,19+,21+/m1/s1. The maximum atomic E-state index is 12.6. The molecule has 10 nitrogen and oxygen atoms in total. The number of rotatable bonds is 13. The van der Waals surface area contributed by atoms with Gasteiger partial charge in [-0.15, -0.1) is 0 Å². The van der Waals surface area contributed by atoms with Gasteiger partial charge < -0.3 is 40.9 Å². The lowest BCUT2D eigenvalue weighted by atomic mass is 9.97. The van der Waals surface area contributed by atoms with E-state index in [-0.39, 0.29) is 17.9 Å². The zero-order valence-electron chi connectivity index (χ0n) is 17.9. The van der Waals surface area contributed by atoms with Gasteiger partial charge in [0.1, 0.15) is 18.3 Å². The maximum Gasteiger partial charge on any atom is 0.253 e. The number of hydrogen-bond donors (Lipinski definition) is 7. The van der Waals surface area contributed by atoms with Crippen LogP contribution in [0.3, 0.4) is 0 Å². The van der Waals surface area contributed by atoms with Crippen molar-refractivity contribution < 1.29 is 40.2 Å². The van der Waals surface area contributed by atoms with Crippen molar-refractivity contribution in [3.05, 3.63) is 35.4 Å². The summed E-state index contributed by atoms with van der Waals surface area (Å²) in [6, 6.07) is 6.11. The molecule has 0 aliphatic heterocycles. The van der Waals surface area contributed by atoms with E-state index in [0.717, 1.165) is 12.8 Å². The Morgan fingerprint density at radius 1 is 1.10 bits per heavy atom. The summed E-state index contributed by atoms with van der Waals surface area (Å²) in [4.78, 5) is 26.9. The molecule has 2 amide bonds. The molecule has 0 aliphatic rings. The molecule has 0 heterocycles. The normalized spacial score (nSPS) is 16.1. The van der Waals surface area contributed by atoms with Gasteiger partial charge in [0.2, 0.25) is 5.91 Å². The summed E-state index contributed by atoms with van der Waals surface area (Å²) in [5.74, 6) is -0.959. The van der Waals surface area contributed by atoms with Crippen molar-refractivity contribution in [3.8, 4) is 0 Å². The Labute approximate surface area is 181 Å². The predicted molar refractivity (Wildman–Crippen MR) is 112 cm³/mol. The van der Waals surface area contributed by atoms with Gasteiger partial charge in [-0.2, -0.15) is 0 Å². The molecule has 4 atom stereocenters. The molecular weight excluding hydrogens is 408 g/mol. The van der Waals surface area contributed by atoms with Gasteiger partial charge in [-0.05, 0) is 30.5 Å². The topological polar surface area (TPSA) is 171 Å². The number of aliphatic hydroxyl groups excluding tert-OH is 5. The third-order valence-electron chi connectivity index (χ3n) is 4.85. The highest BCUT2D eigenvalue weighted by Gasteiger charge is 2.43. The molecule has 0 fully saturated rings. The number of nitrogens with one attached hydrogen (secondary N) is 1. The zero-order chi connectivity index (χ0) is 23.6. The van der Waals surface area contributed by atoms with Gasteiger partial charge in [0, 0.05) is 18.7 Å². The Hall–Kier alpha value is -2.08. The lowest BCUT2D eigenvalue weighted by Gasteiger charge is -2.35. The van der Waals surface area contributed by atoms with Gasteiger partial charge in [0.25, 0.3) is 5.91 Å². The highest BCUT2D eigenvalue weighted by molar-refractivity contribution is 5.95. The zero-order valence-corrected chi connectivity index (χ0v) is 17.9. The summed E-state index contributed by atoms with van der Waals surface area (Å²) in [5.41, 5.74) is -2.06. The molecule has 176 valence electrons. The molecule has 0 radical (unpaired) electrons. The highest BCUT2D eigenvalue weighted by Crippen LogP contribution is 2.16. The van der Waals surface area contributed by atoms with Crippen LogP contribution in [0.4, 0.5) is 0 Å². The van der Waals surface area contributed by atoms with E-state index in [4.69, 9.17) is 5.11 Å². The first-order chi connectivity index (χ1) is 14.6. The maximum absolute atomic E-state index is 12.6. The Morgan fingerprint density at radius 2 is 1.71 bits per heavy atom. The second-order valence-electron chi connectivity index (χ2n) is 7.48. The first kappa shape index (κ1) is 27.0. The summed E-state index contributed by atoms with van der Waals surface area (Å²) < 4.78 is 0.